The maximum atomic E-state index is 13.0. The van der Waals surface area contributed by atoms with Crippen LogP contribution in [0.25, 0.3) is 0 Å². The molecule has 142 valence electrons. The van der Waals surface area contributed by atoms with E-state index in [9.17, 15) is 4.79 Å². The number of aryl methyl sites for hydroxylation is 2. The first-order valence-electron chi connectivity index (χ1n) is 9.35. The number of benzene rings is 1. The predicted molar refractivity (Wildman–Crippen MR) is 105 cm³/mol. The van der Waals surface area contributed by atoms with E-state index in [0.29, 0.717) is 17.4 Å². The molecule has 6 heteroatoms. The Morgan fingerprint density at radius 3 is 2.42 bits per heavy atom. The number of guanidine groups is 1. The second-order valence-electron chi connectivity index (χ2n) is 7.73. The highest BCUT2D eigenvalue weighted by Crippen LogP contribution is 2.37. The van der Waals surface area contributed by atoms with E-state index in [2.05, 4.69) is 4.99 Å². The van der Waals surface area contributed by atoms with Crippen molar-refractivity contribution in [3.8, 4) is 5.75 Å². The Kier molecular flexibility index (Phi) is 5.47. The summed E-state index contributed by atoms with van der Waals surface area (Å²) in [6.45, 7) is 4.13. The number of aliphatic imine (C=N–C) groups is 1. The number of halogens is 1. The zero-order valence-corrected chi connectivity index (χ0v) is 16.6. The molecule has 0 saturated heterocycles. The molecule has 0 spiro atoms. The average molecular weight is 378 g/mol. The third-order valence-corrected chi connectivity index (χ3v) is 5.82. The molecule has 2 aliphatic rings. The van der Waals surface area contributed by atoms with Gasteiger partial charge < -0.3 is 10.5 Å². The summed E-state index contributed by atoms with van der Waals surface area (Å²) in [6.07, 6.45) is 6.71. The molecule has 1 atom stereocenters. The number of ether oxygens (including phenoxy) is 1. The summed E-state index contributed by atoms with van der Waals surface area (Å²) in [7, 11) is 1.68. The number of amides is 1. The van der Waals surface area contributed by atoms with Crippen LogP contribution in [0.3, 0.4) is 0 Å². The normalized spacial score (nSPS) is 24.1. The van der Waals surface area contributed by atoms with Crippen molar-refractivity contribution in [1.82, 2.24) is 4.90 Å². The third-order valence-electron chi connectivity index (χ3n) is 5.61. The molecule has 1 aromatic rings. The van der Waals surface area contributed by atoms with E-state index in [4.69, 9.17) is 22.1 Å². The molecule has 0 aromatic heterocycles. The van der Waals surface area contributed by atoms with Crippen molar-refractivity contribution in [2.45, 2.75) is 57.9 Å². The number of nitrogens with two attached hydrogens (primary N) is 1. The monoisotopic (exact) mass is 377 g/mol. The predicted octanol–water partition coefficient (Wildman–Crippen LogP) is 3.83. The largest absolute Gasteiger partial charge is 0.490 e. The molecule has 3 rings (SSSR count). The number of hydrogen-bond acceptors (Lipinski definition) is 4. The molecule has 0 bridgehead atoms. The highest BCUT2D eigenvalue weighted by Gasteiger charge is 2.48. The number of nitrogens with zero attached hydrogens (tertiary/aromatic N) is 2. The van der Waals surface area contributed by atoms with Gasteiger partial charge in [0, 0.05) is 12.1 Å². The summed E-state index contributed by atoms with van der Waals surface area (Å²) >= 11 is 6.11. The van der Waals surface area contributed by atoms with Gasteiger partial charge in [0.15, 0.2) is 11.5 Å². The Bertz CT molecular complexity index is 705. The fourth-order valence-corrected chi connectivity index (χ4v) is 4.56. The van der Waals surface area contributed by atoms with Crippen LogP contribution >= 0.6 is 11.6 Å². The lowest BCUT2D eigenvalue weighted by Crippen LogP contribution is -2.47. The molecule has 1 aromatic carbocycles. The average Bonchev–Trinajstić information content (AvgIpc) is 2.79. The van der Waals surface area contributed by atoms with Crippen LogP contribution in [0.5, 0.6) is 5.75 Å². The summed E-state index contributed by atoms with van der Waals surface area (Å²) < 4.78 is 6.15. The maximum absolute atomic E-state index is 13.0. The summed E-state index contributed by atoms with van der Waals surface area (Å²) in [5.41, 5.74) is 6.98. The molecule has 1 heterocycles. The van der Waals surface area contributed by atoms with Crippen molar-refractivity contribution in [2.24, 2.45) is 16.6 Å². The smallest absolute Gasteiger partial charge is 0.260 e. The van der Waals surface area contributed by atoms with E-state index in [1.807, 2.05) is 26.0 Å². The molecule has 1 fully saturated rings. The van der Waals surface area contributed by atoms with Gasteiger partial charge in [-0.25, -0.2) is 4.99 Å². The zero-order valence-electron chi connectivity index (χ0n) is 15.8. The minimum Gasteiger partial charge on any atom is -0.490 e. The lowest BCUT2D eigenvalue weighted by molar-refractivity contribution is -0.132. The molecule has 5 nitrogen and oxygen atoms in total. The topological polar surface area (TPSA) is 67.9 Å². The minimum absolute atomic E-state index is 0.0650. The molecule has 0 radical (unpaired) electrons. The number of carbonyl (C=O) groups excluding carboxylic acids is 1. The first kappa shape index (κ1) is 19.0. The quantitative estimate of drug-likeness (QED) is 0.847. The molecule has 1 unspecified atom stereocenters. The van der Waals surface area contributed by atoms with E-state index in [0.717, 1.165) is 29.7 Å². The summed E-state index contributed by atoms with van der Waals surface area (Å²) in [5, 5.41) is 0.684. The Morgan fingerprint density at radius 1 is 1.27 bits per heavy atom. The zero-order chi connectivity index (χ0) is 18.9. The van der Waals surface area contributed by atoms with Crippen LogP contribution in [0.2, 0.25) is 5.02 Å². The van der Waals surface area contributed by atoms with Crippen LogP contribution in [-0.4, -0.2) is 36.0 Å². The Balaban J connectivity index is 1.84. The Labute approximate surface area is 160 Å². The molecule has 26 heavy (non-hydrogen) atoms. The molecule has 1 aliphatic carbocycles. The Morgan fingerprint density at radius 2 is 1.88 bits per heavy atom. The van der Waals surface area contributed by atoms with E-state index >= 15 is 0 Å². The van der Waals surface area contributed by atoms with Crippen LogP contribution in [0.4, 0.5) is 0 Å². The van der Waals surface area contributed by atoms with Gasteiger partial charge in [0.2, 0.25) is 0 Å². The van der Waals surface area contributed by atoms with Gasteiger partial charge in [-0.15, -0.1) is 0 Å². The lowest BCUT2D eigenvalue weighted by atomic mass is 9.79. The van der Waals surface area contributed by atoms with Crippen molar-refractivity contribution in [2.75, 3.05) is 13.7 Å². The molecule has 2 N–H and O–H groups in total. The van der Waals surface area contributed by atoms with Crippen LogP contribution in [0.15, 0.2) is 17.1 Å². The molecule has 1 aliphatic heterocycles. The molecule has 1 amide bonds. The molecule has 1 saturated carbocycles. The summed E-state index contributed by atoms with van der Waals surface area (Å²) in [6, 6.07) is 3.75. The van der Waals surface area contributed by atoms with Crippen LogP contribution in [0, 0.1) is 19.8 Å². The number of carbonyl (C=O) groups is 1. The van der Waals surface area contributed by atoms with Gasteiger partial charge in [-0.1, -0.05) is 43.7 Å². The highest BCUT2D eigenvalue weighted by molar-refractivity contribution is 6.30. The summed E-state index contributed by atoms with van der Waals surface area (Å²) in [5.74, 6) is 1.48. The first-order valence-corrected chi connectivity index (χ1v) is 9.73. The van der Waals surface area contributed by atoms with Crippen LogP contribution in [0.1, 0.15) is 49.7 Å². The molecular formula is C20H28ClN3O2. The summed E-state index contributed by atoms with van der Waals surface area (Å²) in [4.78, 5) is 19.0. The number of rotatable bonds is 5. The fraction of sp³-hybridized carbons (Fsp3) is 0.600. The van der Waals surface area contributed by atoms with Crippen molar-refractivity contribution < 1.29 is 9.53 Å². The van der Waals surface area contributed by atoms with Crippen LogP contribution < -0.4 is 10.5 Å². The van der Waals surface area contributed by atoms with E-state index < -0.39 is 5.54 Å². The standard InChI is InChI=1S/C20H28ClN3O2/c1-13-9-16(21)10-14(2)17(13)26-12-20(11-15-7-5-4-6-8-15)18(25)24(3)19(22)23-20/h9-10,15H,4-8,11-12H2,1-3H3,(H2,22,23). The SMILES string of the molecule is Cc1cc(Cl)cc(C)c1OCC1(CC2CCCCC2)N=C(N)N(C)C1=O. The maximum Gasteiger partial charge on any atom is 0.260 e. The van der Waals surface area contributed by atoms with Gasteiger partial charge in [-0.05, 0) is 49.4 Å². The van der Waals surface area contributed by atoms with Gasteiger partial charge in [0.05, 0.1) is 0 Å². The number of likely N-dealkylation sites (N-methyl/N-ethyl adjacent to an activating group) is 1. The van der Waals surface area contributed by atoms with Crippen molar-refractivity contribution in [3.63, 3.8) is 0 Å². The van der Waals surface area contributed by atoms with Gasteiger partial charge in [0.1, 0.15) is 12.4 Å². The van der Waals surface area contributed by atoms with Gasteiger partial charge in [-0.2, -0.15) is 0 Å². The van der Waals surface area contributed by atoms with Gasteiger partial charge in [0.25, 0.3) is 5.91 Å². The van der Waals surface area contributed by atoms with Gasteiger partial charge >= 0.3 is 0 Å². The fourth-order valence-electron chi connectivity index (χ4n) is 4.23. The van der Waals surface area contributed by atoms with E-state index in [1.54, 1.807) is 7.05 Å². The second-order valence-corrected chi connectivity index (χ2v) is 8.17. The highest BCUT2D eigenvalue weighted by atomic mass is 35.5. The van der Waals surface area contributed by atoms with Crippen molar-refractivity contribution in [3.05, 3.63) is 28.3 Å². The van der Waals surface area contributed by atoms with Gasteiger partial charge in [-0.3, -0.25) is 9.69 Å². The molecular weight excluding hydrogens is 350 g/mol. The lowest BCUT2D eigenvalue weighted by Gasteiger charge is -2.31. The first-order chi connectivity index (χ1) is 12.3. The van der Waals surface area contributed by atoms with Crippen molar-refractivity contribution >= 4 is 23.5 Å². The van der Waals surface area contributed by atoms with E-state index in [1.165, 1.54) is 24.2 Å². The van der Waals surface area contributed by atoms with E-state index in [-0.39, 0.29) is 18.5 Å². The number of hydrogen-bond donors (Lipinski definition) is 1. The second kappa shape index (κ2) is 7.47. The Hall–Kier alpha value is -1.75. The van der Waals surface area contributed by atoms with Crippen LogP contribution in [-0.2, 0) is 4.79 Å². The van der Waals surface area contributed by atoms with Crippen molar-refractivity contribution in [1.29, 1.82) is 0 Å². The minimum atomic E-state index is -0.917. The third kappa shape index (κ3) is 3.68.